The molecule has 4 aromatic rings. The maximum Gasteiger partial charge on any atom is 0.248 e. The molecule has 5 rings (SSSR count). The molecular weight excluding hydrogens is 466 g/mol. The molecule has 2 aromatic heterocycles. The molecule has 4 N–H and O–H groups in total. The molecule has 1 aliphatic rings. The quantitative estimate of drug-likeness (QED) is 0.244. The lowest BCUT2D eigenvalue weighted by molar-refractivity contribution is -0.129. The summed E-state index contributed by atoms with van der Waals surface area (Å²) < 4.78 is 26.6. The summed E-state index contributed by atoms with van der Waals surface area (Å²) in [5.74, 6) is 4.31. The first-order valence-electron chi connectivity index (χ1n) is 11.7. The van der Waals surface area contributed by atoms with Crippen LogP contribution in [0.15, 0.2) is 36.4 Å². The van der Waals surface area contributed by atoms with Crippen molar-refractivity contribution >= 4 is 34.4 Å². The number of benzene rings is 2. The summed E-state index contributed by atoms with van der Waals surface area (Å²) in [6, 6.07) is 11.3. The van der Waals surface area contributed by atoms with Crippen molar-refractivity contribution < 1.29 is 18.4 Å². The minimum absolute atomic E-state index is 0.201. The van der Waals surface area contributed by atoms with Gasteiger partial charge in [-0.2, -0.15) is 0 Å². The Labute approximate surface area is 205 Å². The molecule has 10 heteroatoms. The number of hydrogen-bond donors (Lipinski definition) is 4. The number of aromatic nitrogens is 4. The molecule has 0 bridgehead atoms. The van der Waals surface area contributed by atoms with Gasteiger partial charge in [-0.1, -0.05) is 11.8 Å². The standard InChI is InChI=1S/C26H24F2N6O2/c27-26(28)9-7-18(8-10-26)25(36)30-14-24-32-20-6-4-17(12-22(20)34-24)2-1-16-3-5-19-21(11-16)33-23(31-19)13-29-15-35/h3-6,11-12,15,18H,7-10,13-14H2,(H,29,35)(H,30,36)(H,31,33)(H,32,34). The predicted molar refractivity (Wildman–Crippen MR) is 130 cm³/mol. The molecule has 2 heterocycles. The number of hydrogen-bond acceptors (Lipinski definition) is 4. The number of halogens is 2. The SMILES string of the molecule is O=CNCc1nc2ccc(C#Cc3ccc4nc(CNC(=O)C5CCC(F)(F)CC5)[nH]c4c3)cc2[nH]1. The number of amides is 2. The summed E-state index contributed by atoms with van der Waals surface area (Å²) >= 11 is 0. The summed E-state index contributed by atoms with van der Waals surface area (Å²) in [5.41, 5.74) is 4.78. The summed E-state index contributed by atoms with van der Waals surface area (Å²) in [6.07, 6.45) is 0.548. The number of alkyl halides is 2. The third-order valence-electron chi connectivity index (χ3n) is 6.28. The average Bonchev–Trinajstić information content (AvgIpc) is 3.47. The Kier molecular flexibility index (Phi) is 6.38. The molecule has 0 aliphatic heterocycles. The Hall–Kier alpha value is -4.26. The molecule has 1 aliphatic carbocycles. The van der Waals surface area contributed by atoms with Crippen LogP contribution in [0.5, 0.6) is 0 Å². The number of rotatable bonds is 6. The molecule has 0 saturated heterocycles. The second kappa shape index (κ2) is 9.77. The van der Waals surface area contributed by atoms with E-state index in [1.165, 1.54) is 0 Å². The number of imidazole rings is 2. The third-order valence-corrected chi connectivity index (χ3v) is 6.28. The first-order chi connectivity index (χ1) is 17.4. The molecule has 1 fully saturated rings. The Morgan fingerprint density at radius 2 is 1.53 bits per heavy atom. The molecule has 8 nitrogen and oxygen atoms in total. The van der Waals surface area contributed by atoms with Gasteiger partial charge >= 0.3 is 0 Å². The number of nitrogens with one attached hydrogen (secondary N) is 4. The van der Waals surface area contributed by atoms with Crippen LogP contribution in [0.4, 0.5) is 8.78 Å². The average molecular weight is 491 g/mol. The van der Waals surface area contributed by atoms with E-state index in [1.54, 1.807) is 0 Å². The highest BCUT2D eigenvalue weighted by molar-refractivity contribution is 5.80. The Morgan fingerprint density at radius 3 is 2.08 bits per heavy atom. The third kappa shape index (κ3) is 5.35. The number of nitrogens with zero attached hydrogens (tertiary/aromatic N) is 2. The molecule has 0 unspecified atom stereocenters. The van der Waals surface area contributed by atoms with Crippen molar-refractivity contribution in [3.8, 4) is 11.8 Å². The van der Waals surface area contributed by atoms with Gasteiger partial charge in [-0.3, -0.25) is 9.59 Å². The first-order valence-corrected chi connectivity index (χ1v) is 11.7. The summed E-state index contributed by atoms with van der Waals surface area (Å²) in [5, 5.41) is 5.39. The van der Waals surface area contributed by atoms with E-state index in [9.17, 15) is 18.4 Å². The van der Waals surface area contributed by atoms with Crippen molar-refractivity contribution in [3.05, 3.63) is 59.2 Å². The lowest BCUT2D eigenvalue weighted by atomic mass is 9.86. The van der Waals surface area contributed by atoms with E-state index in [1.807, 2.05) is 36.4 Å². The molecule has 0 radical (unpaired) electrons. The fraction of sp³-hybridized carbons (Fsp3) is 0.308. The monoisotopic (exact) mass is 490 g/mol. The Morgan fingerprint density at radius 1 is 0.972 bits per heavy atom. The molecule has 184 valence electrons. The van der Waals surface area contributed by atoms with Crippen molar-refractivity contribution in [1.82, 2.24) is 30.6 Å². The van der Waals surface area contributed by atoms with Crippen molar-refractivity contribution in [2.75, 3.05) is 0 Å². The topological polar surface area (TPSA) is 116 Å². The van der Waals surface area contributed by atoms with Crippen LogP contribution in [0.2, 0.25) is 0 Å². The van der Waals surface area contributed by atoms with Gasteiger partial charge in [0.1, 0.15) is 11.6 Å². The Balaban J connectivity index is 1.24. The van der Waals surface area contributed by atoms with Crippen LogP contribution < -0.4 is 10.6 Å². The van der Waals surface area contributed by atoms with E-state index >= 15 is 0 Å². The van der Waals surface area contributed by atoms with Crippen LogP contribution in [0, 0.1) is 17.8 Å². The van der Waals surface area contributed by atoms with Crippen molar-refractivity contribution in [3.63, 3.8) is 0 Å². The van der Waals surface area contributed by atoms with Gasteiger partial charge in [-0.25, -0.2) is 18.7 Å². The fourth-order valence-electron chi connectivity index (χ4n) is 4.35. The number of H-pyrrole nitrogens is 2. The molecular formula is C26H24F2N6O2. The second-order valence-electron chi connectivity index (χ2n) is 8.93. The number of carbonyl (C=O) groups excluding carboxylic acids is 2. The van der Waals surface area contributed by atoms with E-state index in [-0.39, 0.29) is 44.1 Å². The van der Waals surface area contributed by atoms with E-state index < -0.39 is 5.92 Å². The molecule has 0 spiro atoms. The second-order valence-corrected chi connectivity index (χ2v) is 8.93. The van der Waals surface area contributed by atoms with Gasteiger partial charge in [-0.15, -0.1) is 0 Å². The van der Waals surface area contributed by atoms with Gasteiger partial charge in [-0.05, 0) is 49.2 Å². The minimum atomic E-state index is -2.65. The van der Waals surface area contributed by atoms with Gasteiger partial charge in [0.2, 0.25) is 18.2 Å². The molecule has 1 saturated carbocycles. The fourth-order valence-corrected chi connectivity index (χ4v) is 4.35. The predicted octanol–water partition coefficient (Wildman–Crippen LogP) is 3.53. The molecule has 36 heavy (non-hydrogen) atoms. The zero-order valence-electron chi connectivity index (χ0n) is 19.3. The molecule has 2 amide bonds. The lowest BCUT2D eigenvalue weighted by Crippen LogP contribution is -2.35. The van der Waals surface area contributed by atoms with Crippen molar-refractivity contribution in [2.24, 2.45) is 5.92 Å². The van der Waals surface area contributed by atoms with Gasteiger partial charge in [0.05, 0.1) is 35.2 Å². The first kappa shape index (κ1) is 23.5. The van der Waals surface area contributed by atoms with Crippen molar-refractivity contribution in [2.45, 2.75) is 44.7 Å². The Bertz CT molecular complexity index is 1490. The summed E-state index contributed by atoms with van der Waals surface area (Å²) in [6.45, 7) is 0.532. The van der Waals surface area contributed by atoms with Gasteiger partial charge in [0.25, 0.3) is 0 Å². The van der Waals surface area contributed by atoms with Crippen LogP contribution in [0.1, 0.15) is 48.5 Å². The lowest BCUT2D eigenvalue weighted by Gasteiger charge is -2.27. The number of fused-ring (bicyclic) bond motifs is 2. The van der Waals surface area contributed by atoms with Crippen LogP contribution >= 0.6 is 0 Å². The normalized spacial score (nSPS) is 15.4. The van der Waals surface area contributed by atoms with E-state index in [4.69, 9.17) is 0 Å². The summed E-state index contributed by atoms with van der Waals surface area (Å²) in [7, 11) is 0. The van der Waals surface area contributed by atoms with Crippen molar-refractivity contribution in [1.29, 1.82) is 0 Å². The van der Waals surface area contributed by atoms with Crippen LogP contribution in [-0.4, -0.2) is 38.2 Å². The van der Waals surface area contributed by atoms with E-state index in [0.29, 0.717) is 24.6 Å². The van der Waals surface area contributed by atoms with Gasteiger partial charge < -0.3 is 20.6 Å². The number of aromatic amines is 2. The minimum Gasteiger partial charge on any atom is -0.351 e. The highest BCUT2D eigenvalue weighted by Crippen LogP contribution is 2.36. The van der Waals surface area contributed by atoms with Gasteiger partial charge in [0, 0.05) is 29.9 Å². The zero-order valence-corrected chi connectivity index (χ0v) is 19.3. The maximum absolute atomic E-state index is 13.3. The molecule has 2 aromatic carbocycles. The van der Waals surface area contributed by atoms with Gasteiger partial charge in [0.15, 0.2) is 0 Å². The van der Waals surface area contributed by atoms with Crippen LogP contribution in [-0.2, 0) is 22.7 Å². The van der Waals surface area contributed by atoms with E-state index in [2.05, 4.69) is 42.4 Å². The van der Waals surface area contributed by atoms with Crippen LogP contribution in [0.25, 0.3) is 22.1 Å². The smallest absolute Gasteiger partial charge is 0.248 e. The summed E-state index contributed by atoms with van der Waals surface area (Å²) in [4.78, 5) is 38.1. The largest absolute Gasteiger partial charge is 0.351 e. The van der Waals surface area contributed by atoms with E-state index in [0.717, 1.165) is 33.2 Å². The highest BCUT2D eigenvalue weighted by Gasteiger charge is 2.37. The maximum atomic E-state index is 13.3. The number of carbonyl (C=O) groups is 2. The molecule has 0 atom stereocenters. The van der Waals surface area contributed by atoms with Crippen LogP contribution in [0.3, 0.4) is 0 Å². The highest BCUT2D eigenvalue weighted by atomic mass is 19.3. The zero-order chi connectivity index (χ0) is 25.1.